The predicted molar refractivity (Wildman–Crippen MR) is 79.1 cm³/mol. The summed E-state index contributed by atoms with van der Waals surface area (Å²) in [5, 5.41) is 7.83. The van der Waals surface area contributed by atoms with Gasteiger partial charge in [0.2, 0.25) is 0 Å². The average Bonchev–Trinajstić information content (AvgIpc) is 2.78. The highest BCUT2D eigenvalue weighted by Gasteiger charge is 2.12. The van der Waals surface area contributed by atoms with Gasteiger partial charge in [0.15, 0.2) is 0 Å². The molecule has 1 aromatic rings. The number of thioether (sulfide) groups is 1. The lowest BCUT2D eigenvalue weighted by Crippen LogP contribution is -2.34. The molecule has 0 aliphatic heterocycles. The Morgan fingerprint density at radius 1 is 1.33 bits per heavy atom. The Bertz CT molecular complexity index is 314. The summed E-state index contributed by atoms with van der Waals surface area (Å²) in [6, 6.07) is 0.506. The second-order valence-electron chi connectivity index (χ2n) is 4.43. The lowest BCUT2D eigenvalue weighted by atomic mass is 10.2. The second kappa shape index (κ2) is 9.39. The zero-order chi connectivity index (χ0) is 13.2. The van der Waals surface area contributed by atoms with Crippen LogP contribution >= 0.6 is 11.8 Å². The molecule has 4 nitrogen and oxygen atoms in total. The summed E-state index contributed by atoms with van der Waals surface area (Å²) in [5.74, 6) is 3.50. The zero-order valence-electron chi connectivity index (χ0n) is 11.9. The van der Waals surface area contributed by atoms with E-state index >= 15 is 0 Å². The van der Waals surface area contributed by atoms with Gasteiger partial charge in [0.25, 0.3) is 0 Å². The molecule has 0 spiro atoms. The minimum atomic E-state index is 0.506. The Balaban J connectivity index is 2.50. The highest BCUT2D eigenvalue weighted by atomic mass is 32.2. The molecule has 0 aliphatic carbocycles. The van der Waals surface area contributed by atoms with E-state index in [1.165, 1.54) is 12.2 Å². The molecule has 5 heteroatoms. The van der Waals surface area contributed by atoms with Gasteiger partial charge in [-0.2, -0.15) is 16.9 Å². The van der Waals surface area contributed by atoms with Gasteiger partial charge >= 0.3 is 0 Å². The first kappa shape index (κ1) is 15.5. The number of nitrogens with zero attached hydrogens (tertiary/aromatic N) is 3. The van der Waals surface area contributed by atoms with Crippen LogP contribution in [0.3, 0.4) is 0 Å². The molecule has 1 unspecified atom stereocenters. The van der Waals surface area contributed by atoms with E-state index in [0.717, 1.165) is 37.5 Å². The third-order valence-electron chi connectivity index (χ3n) is 2.72. The van der Waals surface area contributed by atoms with E-state index in [0.29, 0.717) is 6.04 Å². The monoisotopic (exact) mass is 270 g/mol. The van der Waals surface area contributed by atoms with Crippen molar-refractivity contribution in [3.63, 3.8) is 0 Å². The number of hydrogen-bond acceptors (Lipinski definition) is 4. The van der Waals surface area contributed by atoms with Crippen molar-refractivity contribution < 1.29 is 0 Å². The molecule has 104 valence electrons. The Morgan fingerprint density at radius 3 is 2.83 bits per heavy atom. The number of aromatic nitrogens is 3. The van der Waals surface area contributed by atoms with E-state index in [-0.39, 0.29) is 0 Å². The number of rotatable bonds is 10. The van der Waals surface area contributed by atoms with E-state index in [1.54, 1.807) is 6.33 Å². The summed E-state index contributed by atoms with van der Waals surface area (Å²) in [5.41, 5.74) is 0. The Labute approximate surface area is 115 Å². The van der Waals surface area contributed by atoms with Crippen LogP contribution in [0.1, 0.15) is 39.4 Å². The Kier molecular flexibility index (Phi) is 8.09. The highest BCUT2D eigenvalue weighted by Crippen LogP contribution is 2.09. The fourth-order valence-corrected chi connectivity index (χ4v) is 2.89. The molecule has 1 rings (SSSR count). The maximum absolute atomic E-state index is 4.39. The molecule has 1 atom stereocenters. The Hall–Kier alpha value is -0.550. The normalized spacial score (nSPS) is 12.8. The molecule has 1 aromatic heterocycles. The summed E-state index contributed by atoms with van der Waals surface area (Å²) in [6.45, 7) is 8.54. The second-order valence-corrected chi connectivity index (χ2v) is 5.58. The zero-order valence-corrected chi connectivity index (χ0v) is 12.7. The van der Waals surface area contributed by atoms with Gasteiger partial charge in [-0.15, -0.1) is 0 Å². The first-order chi connectivity index (χ1) is 8.81. The van der Waals surface area contributed by atoms with Gasteiger partial charge < -0.3 is 5.32 Å². The van der Waals surface area contributed by atoms with Gasteiger partial charge in [-0.3, -0.25) is 4.68 Å². The van der Waals surface area contributed by atoms with Crippen LogP contribution in [-0.4, -0.2) is 38.9 Å². The molecule has 0 bridgehead atoms. The molecular weight excluding hydrogens is 244 g/mol. The van der Waals surface area contributed by atoms with Crippen molar-refractivity contribution in [2.24, 2.45) is 0 Å². The van der Waals surface area contributed by atoms with Crippen LogP contribution in [0.4, 0.5) is 0 Å². The lowest BCUT2D eigenvalue weighted by molar-refractivity contribution is 0.512. The fourth-order valence-electron chi connectivity index (χ4n) is 1.91. The maximum Gasteiger partial charge on any atom is 0.138 e. The molecule has 1 N–H and O–H groups in total. The fraction of sp³-hybridized carbons (Fsp3) is 0.846. The summed E-state index contributed by atoms with van der Waals surface area (Å²) in [6.07, 6.45) is 5.00. The molecule has 0 radical (unpaired) electrons. The maximum atomic E-state index is 4.39. The molecule has 0 amide bonds. The summed E-state index contributed by atoms with van der Waals surface area (Å²) in [7, 11) is 0. The molecule has 0 fully saturated rings. The predicted octanol–water partition coefficient (Wildman–Crippen LogP) is 2.35. The van der Waals surface area contributed by atoms with Crippen molar-refractivity contribution in [3.8, 4) is 0 Å². The van der Waals surface area contributed by atoms with Crippen molar-refractivity contribution in [2.75, 3.05) is 18.1 Å². The summed E-state index contributed by atoms with van der Waals surface area (Å²) >= 11 is 2.02. The minimum Gasteiger partial charge on any atom is -0.313 e. The molecule has 18 heavy (non-hydrogen) atoms. The third-order valence-corrected chi connectivity index (χ3v) is 4.06. The van der Waals surface area contributed by atoms with Crippen LogP contribution in [0.25, 0.3) is 0 Å². The van der Waals surface area contributed by atoms with Gasteiger partial charge in [0.05, 0.1) is 0 Å². The molecular formula is C13H26N4S. The molecule has 0 saturated carbocycles. The van der Waals surface area contributed by atoms with E-state index in [4.69, 9.17) is 0 Å². The smallest absolute Gasteiger partial charge is 0.138 e. The standard InChI is InChI=1S/C13H26N4S/c1-4-7-17-13(15-11-16-17)9-12(14-6-3)10-18-8-5-2/h11-12,14H,4-10H2,1-3H3. The van der Waals surface area contributed by atoms with Crippen LogP contribution in [0.5, 0.6) is 0 Å². The molecule has 0 aliphatic rings. The number of hydrogen-bond donors (Lipinski definition) is 1. The van der Waals surface area contributed by atoms with Gasteiger partial charge in [0, 0.05) is 24.8 Å². The third kappa shape index (κ3) is 5.40. The van der Waals surface area contributed by atoms with Crippen molar-refractivity contribution in [3.05, 3.63) is 12.2 Å². The van der Waals surface area contributed by atoms with E-state index in [9.17, 15) is 0 Å². The van der Waals surface area contributed by atoms with Gasteiger partial charge in [-0.05, 0) is 25.1 Å². The number of aryl methyl sites for hydroxylation is 1. The van der Waals surface area contributed by atoms with Crippen LogP contribution in [0, 0.1) is 0 Å². The molecule has 1 heterocycles. The van der Waals surface area contributed by atoms with Crippen molar-refractivity contribution in [2.45, 2.75) is 52.6 Å². The molecule has 0 aromatic carbocycles. The SMILES string of the molecule is CCCSCC(Cc1ncnn1CCC)NCC. The topological polar surface area (TPSA) is 42.7 Å². The average molecular weight is 270 g/mol. The van der Waals surface area contributed by atoms with Crippen LogP contribution in [0.15, 0.2) is 6.33 Å². The highest BCUT2D eigenvalue weighted by molar-refractivity contribution is 7.99. The van der Waals surface area contributed by atoms with Crippen LogP contribution in [0.2, 0.25) is 0 Å². The van der Waals surface area contributed by atoms with Crippen molar-refractivity contribution in [1.82, 2.24) is 20.1 Å². The molecule has 0 saturated heterocycles. The Morgan fingerprint density at radius 2 is 2.17 bits per heavy atom. The van der Waals surface area contributed by atoms with Crippen LogP contribution < -0.4 is 5.32 Å². The first-order valence-corrected chi connectivity index (χ1v) is 8.15. The van der Waals surface area contributed by atoms with Gasteiger partial charge in [0.1, 0.15) is 12.2 Å². The largest absolute Gasteiger partial charge is 0.313 e. The van der Waals surface area contributed by atoms with E-state index < -0.39 is 0 Å². The first-order valence-electron chi connectivity index (χ1n) is 6.99. The van der Waals surface area contributed by atoms with Crippen LogP contribution in [-0.2, 0) is 13.0 Å². The number of nitrogens with one attached hydrogen (secondary N) is 1. The van der Waals surface area contributed by atoms with Gasteiger partial charge in [-0.25, -0.2) is 4.98 Å². The summed E-state index contributed by atoms with van der Waals surface area (Å²) < 4.78 is 2.04. The van der Waals surface area contributed by atoms with E-state index in [2.05, 4.69) is 36.2 Å². The van der Waals surface area contributed by atoms with Crippen molar-refractivity contribution >= 4 is 11.8 Å². The van der Waals surface area contributed by atoms with Crippen molar-refractivity contribution in [1.29, 1.82) is 0 Å². The van der Waals surface area contributed by atoms with Gasteiger partial charge in [-0.1, -0.05) is 20.8 Å². The van der Waals surface area contributed by atoms with E-state index in [1.807, 2.05) is 16.4 Å². The summed E-state index contributed by atoms with van der Waals surface area (Å²) in [4.78, 5) is 4.39. The quantitative estimate of drug-likeness (QED) is 0.663. The lowest BCUT2D eigenvalue weighted by Gasteiger charge is -2.17. The minimum absolute atomic E-state index is 0.506. The number of likely N-dealkylation sites (N-methyl/N-ethyl adjacent to an activating group) is 1.